The van der Waals surface area contributed by atoms with E-state index in [1.54, 1.807) is 0 Å². The van der Waals surface area contributed by atoms with E-state index >= 15 is 0 Å². The maximum atomic E-state index is 12.2. The molecule has 0 aliphatic rings. The summed E-state index contributed by atoms with van der Waals surface area (Å²) in [5.74, 6) is 0.182. The lowest BCUT2D eigenvalue weighted by Gasteiger charge is -2.19. The van der Waals surface area contributed by atoms with Crippen molar-refractivity contribution in [2.24, 2.45) is 0 Å². The van der Waals surface area contributed by atoms with Crippen LogP contribution in [0.2, 0.25) is 0 Å². The highest BCUT2D eigenvalue weighted by Gasteiger charge is 2.11. The van der Waals surface area contributed by atoms with E-state index in [9.17, 15) is 4.79 Å². The molecule has 106 valence electrons. The monoisotopic (exact) mass is 263 g/mol. The first-order chi connectivity index (χ1) is 9.08. The van der Waals surface area contributed by atoms with Gasteiger partial charge in [0.2, 0.25) is 0 Å². The van der Waals surface area contributed by atoms with Gasteiger partial charge in [-0.15, -0.1) is 0 Å². The van der Waals surface area contributed by atoms with Crippen LogP contribution in [-0.4, -0.2) is 43.5 Å². The average molecular weight is 263 g/mol. The van der Waals surface area contributed by atoms with Crippen molar-refractivity contribution in [3.8, 4) is 0 Å². The van der Waals surface area contributed by atoms with E-state index in [4.69, 9.17) is 4.74 Å². The predicted molar refractivity (Wildman–Crippen MR) is 78.9 cm³/mol. The highest BCUT2D eigenvalue weighted by molar-refractivity contribution is 5.97. The molecule has 0 spiro atoms. The van der Waals surface area contributed by atoms with Gasteiger partial charge in [0.1, 0.15) is 0 Å². The Labute approximate surface area is 116 Å². The Hall–Kier alpha value is -1.19. The van der Waals surface area contributed by atoms with Crippen LogP contribution in [0.1, 0.15) is 35.3 Å². The third kappa shape index (κ3) is 5.13. The third-order valence-electron chi connectivity index (χ3n) is 3.40. The summed E-state index contributed by atoms with van der Waals surface area (Å²) in [7, 11) is 0. The highest BCUT2D eigenvalue weighted by Crippen LogP contribution is 2.11. The number of carbonyl (C=O) groups is 1. The number of hydrogen-bond donors (Lipinski definition) is 0. The van der Waals surface area contributed by atoms with Crippen LogP contribution in [0.4, 0.5) is 0 Å². The van der Waals surface area contributed by atoms with Gasteiger partial charge in [0.15, 0.2) is 5.78 Å². The molecule has 0 unspecified atom stereocenters. The van der Waals surface area contributed by atoms with Gasteiger partial charge in [-0.2, -0.15) is 0 Å². The molecule has 3 heteroatoms. The quantitative estimate of drug-likeness (QED) is 0.533. The van der Waals surface area contributed by atoms with E-state index in [-0.39, 0.29) is 5.78 Å². The average Bonchev–Trinajstić information content (AvgIpc) is 2.40. The van der Waals surface area contributed by atoms with Crippen LogP contribution in [0.5, 0.6) is 0 Å². The minimum absolute atomic E-state index is 0.182. The second-order valence-electron chi connectivity index (χ2n) is 4.79. The van der Waals surface area contributed by atoms with Crippen molar-refractivity contribution < 1.29 is 9.53 Å². The number of Topliss-reactive ketones (excluding diaryl/α,β-unsaturated/α-hetero) is 1. The molecular weight excluding hydrogens is 238 g/mol. The van der Waals surface area contributed by atoms with Crippen LogP contribution < -0.4 is 0 Å². The van der Waals surface area contributed by atoms with Crippen LogP contribution in [0.3, 0.4) is 0 Å². The number of ether oxygens (including phenoxy) is 1. The number of likely N-dealkylation sites (N-methyl/N-ethyl adjacent to an activating group) is 1. The van der Waals surface area contributed by atoms with E-state index in [1.165, 1.54) is 11.1 Å². The van der Waals surface area contributed by atoms with Crippen molar-refractivity contribution in [3.05, 3.63) is 34.9 Å². The van der Waals surface area contributed by atoms with Crippen molar-refractivity contribution >= 4 is 5.78 Å². The molecule has 0 amide bonds. The SMILES string of the molecule is CCOCCN(CC)CC(=O)c1ccc(C)c(C)c1. The zero-order valence-corrected chi connectivity index (χ0v) is 12.5. The Morgan fingerprint density at radius 2 is 1.95 bits per heavy atom. The van der Waals surface area contributed by atoms with Crippen molar-refractivity contribution in [1.29, 1.82) is 0 Å². The predicted octanol–water partition coefficient (Wildman–Crippen LogP) is 2.84. The molecule has 1 rings (SSSR count). The summed E-state index contributed by atoms with van der Waals surface area (Å²) in [4.78, 5) is 14.3. The molecule has 0 saturated heterocycles. The van der Waals surface area contributed by atoms with Gasteiger partial charge >= 0.3 is 0 Å². The number of ketones is 1. The number of aryl methyl sites for hydroxylation is 2. The molecule has 0 atom stereocenters. The maximum Gasteiger partial charge on any atom is 0.176 e. The maximum absolute atomic E-state index is 12.2. The zero-order chi connectivity index (χ0) is 14.3. The van der Waals surface area contributed by atoms with Gasteiger partial charge in [0.25, 0.3) is 0 Å². The molecular formula is C16H25NO2. The van der Waals surface area contributed by atoms with Crippen LogP contribution in [0.15, 0.2) is 18.2 Å². The van der Waals surface area contributed by atoms with Crippen LogP contribution in [0, 0.1) is 13.8 Å². The fraction of sp³-hybridized carbons (Fsp3) is 0.562. The minimum atomic E-state index is 0.182. The first kappa shape index (κ1) is 15.9. The highest BCUT2D eigenvalue weighted by atomic mass is 16.5. The number of benzene rings is 1. The Morgan fingerprint density at radius 1 is 1.21 bits per heavy atom. The van der Waals surface area contributed by atoms with Crippen LogP contribution in [0.25, 0.3) is 0 Å². The van der Waals surface area contributed by atoms with Gasteiger partial charge in [0, 0.05) is 18.7 Å². The van der Waals surface area contributed by atoms with Crippen molar-refractivity contribution in [3.63, 3.8) is 0 Å². The third-order valence-corrected chi connectivity index (χ3v) is 3.40. The summed E-state index contributed by atoms with van der Waals surface area (Å²) in [6, 6.07) is 5.91. The van der Waals surface area contributed by atoms with E-state index in [1.807, 2.05) is 32.0 Å². The molecule has 0 aromatic heterocycles. The van der Waals surface area contributed by atoms with Gasteiger partial charge in [0.05, 0.1) is 13.2 Å². The second kappa shape index (κ2) is 8.08. The van der Waals surface area contributed by atoms with Crippen molar-refractivity contribution in [2.45, 2.75) is 27.7 Å². The van der Waals surface area contributed by atoms with Crippen LogP contribution in [-0.2, 0) is 4.74 Å². The standard InChI is InChI=1S/C16H25NO2/c1-5-17(9-10-19-6-2)12-16(18)15-8-7-13(3)14(4)11-15/h7-8,11H,5-6,9-10,12H2,1-4H3. The molecule has 0 saturated carbocycles. The van der Waals surface area contributed by atoms with Gasteiger partial charge in [-0.05, 0) is 44.5 Å². The molecule has 1 aromatic carbocycles. The Bertz CT molecular complexity index is 415. The lowest BCUT2D eigenvalue weighted by atomic mass is 10.0. The summed E-state index contributed by atoms with van der Waals surface area (Å²) < 4.78 is 5.33. The molecule has 0 heterocycles. The molecule has 1 aromatic rings. The topological polar surface area (TPSA) is 29.5 Å². The molecule has 19 heavy (non-hydrogen) atoms. The summed E-state index contributed by atoms with van der Waals surface area (Å²) >= 11 is 0. The molecule has 3 nitrogen and oxygen atoms in total. The first-order valence-corrected chi connectivity index (χ1v) is 6.99. The first-order valence-electron chi connectivity index (χ1n) is 6.99. The van der Waals surface area contributed by atoms with E-state index in [0.29, 0.717) is 13.2 Å². The fourth-order valence-electron chi connectivity index (χ4n) is 1.90. The van der Waals surface area contributed by atoms with E-state index in [0.717, 1.165) is 25.3 Å². The minimum Gasteiger partial charge on any atom is -0.380 e. The summed E-state index contributed by atoms with van der Waals surface area (Å²) in [6.45, 7) is 11.7. The lowest BCUT2D eigenvalue weighted by Crippen LogP contribution is -2.32. The fourth-order valence-corrected chi connectivity index (χ4v) is 1.90. The molecule has 0 fully saturated rings. The number of nitrogens with zero attached hydrogens (tertiary/aromatic N) is 1. The van der Waals surface area contributed by atoms with Crippen molar-refractivity contribution in [1.82, 2.24) is 4.90 Å². The molecule has 0 N–H and O–H groups in total. The smallest absolute Gasteiger partial charge is 0.176 e. The number of hydrogen-bond acceptors (Lipinski definition) is 3. The Kier molecular flexibility index (Phi) is 6.74. The normalized spacial score (nSPS) is 11.0. The summed E-state index contributed by atoms with van der Waals surface area (Å²) in [6.07, 6.45) is 0. The van der Waals surface area contributed by atoms with Gasteiger partial charge in [-0.25, -0.2) is 0 Å². The zero-order valence-electron chi connectivity index (χ0n) is 12.5. The second-order valence-corrected chi connectivity index (χ2v) is 4.79. The number of rotatable bonds is 8. The van der Waals surface area contributed by atoms with Gasteiger partial charge < -0.3 is 4.74 Å². The van der Waals surface area contributed by atoms with Gasteiger partial charge in [-0.3, -0.25) is 9.69 Å². The molecule has 0 aliphatic carbocycles. The van der Waals surface area contributed by atoms with Gasteiger partial charge in [-0.1, -0.05) is 19.1 Å². The van der Waals surface area contributed by atoms with Crippen LogP contribution >= 0.6 is 0 Å². The summed E-state index contributed by atoms with van der Waals surface area (Å²) in [5.41, 5.74) is 3.20. The molecule has 0 aliphatic heterocycles. The van der Waals surface area contributed by atoms with Crippen molar-refractivity contribution in [2.75, 3.05) is 32.8 Å². The molecule has 0 bridgehead atoms. The summed E-state index contributed by atoms with van der Waals surface area (Å²) in [5, 5.41) is 0. The largest absolute Gasteiger partial charge is 0.380 e. The Morgan fingerprint density at radius 3 is 2.53 bits per heavy atom. The Balaban J connectivity index is 2.58. The van der Waals surface area contributed by atoms with E-state index in [2.05, 4.69) is 18.7 Å². The lowest BCUT2D eigenvalue weighted by molar-refractivity contribution is 0.0867. The van der Waals surface area contributed by atoms with E-state index < -0.39 is 0 Å². The number of carbonyl (C=O) groups excluding carboxylic acids is 1. The molecule has 0 radical (unpaired) electrons.